The van der Waals surface area contributed by atoms with Gasteiger partial charge in [0, 0.05) is 20.2 Å². The summed E-state index contributed by atoms with van der Waals surface area (Å²) in [5.41, 5.74) is 0.109. The van der Waals surface area contributed by atoms with Gasteiger partial charge in [-0.25, -0.2) is 0 Å². The molecular formula is C15H33N3O. The molecule has 0 aromatic carbocycles. The molecule has 0 radical (unpaired) electrons. The normalized spacial score (nSPS) is 14.3. The molecule has 0 aliphatic carbocycles. The number of unbranched alkanes of at least 4 members (excludes halogenated alkanes) is 2. The monoisotopic (exact) mass is 271 g/mol. The van der Waals surface area contributed by atoms with Crippen LogP contribution in [0.4, 0.5) is 0 Å². The third kappa shape index (κ3) is 8.87. The lowest BCUT2D eigenvalue weighted by Gasteiger charge is -2.28. The van der Waals surface area contributed by atoms with Crippen LogP contribution in [0.25, 0.3) is 0 Å². The number of nitrogens with one attached hydrogen (secondary N) is 2. The largest absolute Gasteiger partial charge is 0.379 e. The minimum absolute atomic E-state index is 0.109. The van der Waals surface area contributed by atoms with Crippen molar-refractivity contribution >= 4 is 5.96 Å². The molecule has 0 rings (SSSR count). The second-order valence-electron chi connectivity index (χ2n) is 5.94. The SMILES string of the molecule is CCCCCNC(=NCC(OC)C(C)(C)C)NCC. The summed E-state index contributed by atoms with van der Waals surface area (Å²) in [4.78, 5) is 4.62. The van der Waals surface area contributed by atoms with Crippen LogP contribution in [0, 0.1) is 5.41 Å². The Labute approximate surface area is 119 Å². The van der Waals surface area contributed by atoms with Gasteiger partial charge in [-0.15, -0.1) is 0 Å². The second kappa shape index (κ2) is 10.1. The first-order valence-electron chi connectivity index (χ1n) is 7.50. The number of guanidine groups is 1. The van der Waals surface area contributed by atoms with Crippen molar-refractivity contribution in [1.29, 1.82) is 0 Å². The third-order valence-electron chi connectivity index (χ3n) is 3.08. The van der Waals surface area contributed by atoms with E-state index in [9.17, 15) is 0 Å². The van der Waals surface area contributed by atoms with Crippen LogP contribution in [0.15, 0.2) is 4.99 Å². The van der Waals surface area contributed by atoms with E-state index in [2.05, 4.69) is 50.2 Å². The highest BCUT2D eigenvalue weighted by atomic mass is 16.5. The summed E-state index contributed by atoms with van der Waals surface area (Å²) >= 11 is 0. The molecule has 0 aromatic rings. The summed E-state index contributed by atoms with van der Waals surface area (Å²) in [6, 6.07) is 0. The number of hydrogen-bond acceptors (Lipinski definition) is 2. The molecule has 0 heterocycles. The van der Waals surface area contributed by atoms with Gasteiger partial charge in [-0.1, -0.05) is 40.5 Å². The number of rotatable bonds is 8. The predicted molar refractivity (Wildman–Crippen MR) is 83.8 cm³/mol. The van der Waals surface area contributed by atoms with Crippen LogP contribution in [0.5, 0.6) is 0 Å². The minimum Gasteiger partial charge on any atom is -0.379 e. The Kier molecular flexibility index (Phi) is 9.66. The average Bonchev–Trinajstić information content (AvgIpc) is 2.33. The summed E-state index contributed by atoms with van der Waals surface area (Å²) in [5.74, 6) is 0.893. The summed E-state index contributed by atoms with van der Waals surface area (Å²) in [5, 5.41) is 6.64. The molecule has 0 bridgehead atoms. The van der Waals surface area contributed by atoms with E-state index in [1.54, 1.807) is 7.11 Å². The van der Waals surface area contributed by atoms with Gasteiger partial charge < -0.3 is 15.4 Å². The number of aliphatic imine (C=N–C) groups is 1. The van der Waals surface area contributed by atoms with E-state index in [4.69, 9.17) is 4.74 Å². The minimum atomic E-state index is 0.109. The Morgan fingerprint density at radius 3 is 2.32 bits per heavy atom. The fourth-order valence-corrected chi connectivity index (χ4v) is 1.80. The summed E-state index contributed by atoms with van der Waals surface area (Å²) in [6.07, 6.45) is 3.83. The molecule has 0 fully saturated rings. The van der Waals surface area contributed by atoms with Crippen molar-refractivity contribution in [1.82, 2.24) is 10.6 Å². The summed E-state index contributed by atoms with van der Waals surface area (Å²) in [6.45, 7) is 13.4. The molecule has 0 amide bonds. The van der Waals surface area contributed by atoms with Crippen molar-refractivity contribution in [2.45, 2.75) is 60.0 Å². The van der Waals surface area contributed by atoms with Crippen LogP contribution in [0.2, 0.25) is 0 Å². The summed E-state index contributed by atoms with van der Waals surface area (Å²) in [7, 11) is 1.76. The molecule has 4 heteroatoms. The first kappa shape index (κ1) is 18.2. The van der Waals surface area contributed by atoms with E-state index >= 15 is 0 Å². The van der Waals surface area contributed by atoms with E-state index in [1.165, 1.54) is 19.3 Å². The first-order valence-corrected chi connectivity index (χ1v) is 7.50. The maximum Gasteiger partial charge on any atom is 0.191 e. The molecule has 4 nitrogen and oxygen atoms in total. The third-order valence-corrected chi connectivity index (χ3v) is 3.08. The molecule has 0 saturated heterocycles. The van der Waals surface area contributed by atoms with Crippen molar-refractivity contribution in [3.05, 3.63) is 0 Å². The van der Waals surface area contributed by atoms with Crippen LogP contribution >= 0.6 is 0 Å². The zero-order chi connectivity index (χ0) is 14.7. The lowest BCUT2D eigenvalue weighted by Crippen LogP contribution is -2.39. The molecule has 2 N–H and O–H groups in total. The molecule has 0 aromatic heterocycles. The van der Waals surface area contributed by atoms with Gasteiger partial charge in [-0.2, -0.15) is 0 Å². The lowest BCUT2D eigenvalue weighted by molar-refractivity contribution is 0.0241. The van der Waals surface area contributed by atoms with E-state index in [0.29, 0.717) is 6.54 Å². The number of nitrogens with zero attached hydrogens (tertiary/aromatic N) is 1. The summed E-state index contributed by atoms with van der Waals surface area (Å²) < 4.78 is 5.52. The Morgan fingerprint density at radius 2 is 1.84 bits per heavy atom. The molecule has 19 heavy (non-hydrogen) atoms. The molecule has 1 unspecified atom stereocenters. The number of ether oxygens (including phenoxy) is 1. The standard InChI is InChI=1S/C15H33N3O/c1-7-9-10-11-17-14(16-8-2)18-12-13(19-6)15(3,4)5/h13H,7-12H2,1-6H3,(H2,16,17,18). The van der Waals surface area contributed by atoms with E-state index in [1.807, 2.05) is 0 Å². The van der Waals surface area contributed by atoms with Gasteiger partial charge in [-0.3, -0.25) is 4.99 Å². The molecular weight excluding hydrogens is 238 g/mol. The van der Waals surface area contributed by atoms with E-state index < -0.39 is 0 Å². The second-order valence-corrected chi connectivity index (χ2v) is 5.94. The fourth-order valence-electron chi connectivity index (χ4n) is 1.80. The lowest BCUT2D eigenvalue weighted by atomic mass is 9.89. The Balaban J connectivity index is 4.30. The van der Waals surface area contributed by atoms with Gasteiger partial charge in [0.25, 0.3) is 0 Å². The highest BCUT2D eigenvalue weighted by Crippen LogP contribution is 2.21. The van der Waals surface area contributed by atoms with Gasteiger partial charge in [0.1, 0.15) is 0 Å². The zero-order valence-corrected chi connectivity index (χ0v) is 13.7. The zero-order valence-electron chi connectivity index (χ0n) is 13.7. The van der Waals surface area contributed by atoms with Crippen molar-refractivity contribution < 1.29 is 4.74 Å². The van der Waals surface area contributed by atoms with Crippen LogP contribution in [0.1, 0.15) is 53.9 Å². The van der Waals surface area contributed by atoms with Gasteiger partial charge in [0.15, 0.2) is 5.96 Å². The van der Waals surface area contributed by atoms with Gasteiger partial charge >= 0.3 is 0 Å². The molecule has 1 atom stereocenters. The maximum atomic E-state index is 5.52. The topological polar surface area (TPSA) is 45.7 Å². The Bertz CT molecular complexity index is 246. The van der Waals surface area contributed by atoms with Crippen LogP contribution in [-0.2, 0) is 4.74 Å². The van der Waals surface area contributed by atoms with Gasteiger partial charge in [-0.05, 0) is 18.8 Å². The first-order chi connectivity index (χ1) is 8.95. The van der Waals surface area contributed by atoms with Crippen molar-refractivity contribution in [2.24, 2.45) is 10.4 Å². The van der Waals surface area contributed by atoms with Gasteiger partial charge in [0.2, 0.25) is 0 Å². The van der Waals surface area contributed by atoms with Crippen LogP contribution in [0.3, 0.4) is 0 Å². The maximum absolute atomic E-state index is 5.52. The molecule has 0 aliphatic rings. The molecule has 114 valence electrons. The van der Waals surface area contributed by atoms with Crippen molar-refractivity contribution in [3.8, 4) is 0 Å². The van der Waals surface area contributed by atoms with E-state index in [0.717, 1.165) is 19.0 Å². The molecule has 0 saturated carbocycles. The number of hydrogen-bond donors (Lipinski definition) is 2. The smallest absolute Gasteiger partial charge is 0.191 e. The molecule has 0 spiro atoms. The van der Waals surface area contributed by atoms with Crippen LogP contribution in [-0.4, -0.2) is 38.8 Å². The predicted octanol–water partition coefficient (Wildman–Crippen LogP) is 2.79. The van der Waals surface area contributed by atoms with Crippen LogP contribution < -0.4 is 10.6 Å². The molecule has 0 aliphatic heterocycles. The number of methoxy groups -OCH3 is 1. The highest BCUT2D eigenvalue weighted by Gasteiger charge is 2.23. The Hall–Kier alpha value is -0.770. The van der Waals surface area contributed by atoms with Gasteiger partial charge in [0.05, 0.1) is 12.6 Å². The quantitative estimate of drug-likeness (QED) is 0.405. The highest BCUT2D eigenvalue weighted by molar-refractivity contribution is 5.79. The van der Waals surface area contributed by atoms with Crippen molar-refractivity contribution in [3.63, 3.8) is 0 Å². The Morgan fingerprint density at radius 1 is 1.16 bits per heavy atom. The van der Waals surface area contributed by atoms with Crippen molar-refractivity contribution in [2.75, 3.05) is 26.7 Å². The van der Waals surface area contributed by atoms with E-state index in [-0.39, 0.29) is 11.5 Å². The fraction of sp³-hybridized carbons (Fsp3) is 0.933. The average molecular weight is 271 g/mol.